The van der Waals surface area contributed by atoms with Crippen LogP contribution in [0.25, 0.3) is 0 Å². The predicted octanol–water partition coefficient (Wildman–Crippen LogP) is 3.64. The highest BCUT2D eigenvalue weighted by molar-refractivity contribution is 7.80. The SMILES string of the molecule is C/C(=N\NC(=S)N(C)CCN(C)C)c1ccc(OCc2ccc(F)cc2F)cc1. The Hall–Kier alpha value is -2.58. The largest absolute Gasteiger partial charge is 0.489 e. The summed E-state index contributed by atoms with van der Waals surface area (Å²) in [6, 6.07) is 10.7. The van der Waals surface area contributed by atoms with Crippen molar-refractivity contribution in [2.75, 3.05) is 34.2 Å². The van der Waals surface area contributed by atoms with Crippen LogP contribution in [0, 0.1) is 11.6 Å². The van der Waals surface area contributed by atoms with E-state index in [0.29, 0.717) is 16.4 Å². The third-order valence-electron chi connectivity index (χ3n) is 4.23. The van der Waals surface area contributed by atoms with Crippen LogP contribution in [0.15, 0.2) is 47.6 Å². The number of likely N-dealkylation sites (N-methyl/N-ethyl adjacent to an activating group) is 2. The van der Waals surface area contributed by atoms with E-state index < -0.39 is 11.6 Å². The lowest BCUT2D eigenvalue weighted by molar-refractivity contribution is 0.299. The average molecular weight is 421 g/mol. The van der Waals surface area contributed by atoms with E-state index in [1.165, 1.54) is 12.1 Å². The second-order valence-electron chi connectivity index (χ2n) is 6.89. The highest BCUT2D eigenvalue weighted by atomic mass is 32.1. The van der Waals surface area contributed by atoms with Gasteiger partial charge in [-0.15, -0.1) is 0 Å². The van der Waals surface area contributed by atoms with E-state index in [4.69, 9.17) is 17.0 Å². The molecule has 0 amide bonds. The molecule has 0 aliphatic carbocycles. The smallest absolute Gasteiger partial charge is 0.189 e. The van der Waals surface area contributed by atoms with Crippen LogP contribution in [0.1, 0.15) is 18.1 Å². The molecule has 0 spiro atoms. The summed E-state index contributed by atoms with van der Waals surface area (Å²) in [5.41, 5.74) is 4.86. The van der Waals surface area contributed by atoms with E-state index in [0.717, 1.165) is 30.4 Å². The quantitative estimate of drug-likeness (QED) is 0.401. The summed E-state index contributed by atoms with van der Waals surface area (Å²) >= 11 is 5.33. The highest BCUT2D eigenvalue weighted by Crippen LogP contribution is 2.16. The lowest BCUT2D eigenvalue weighted by Gasteiger charge is -2.21. The fraction of sp³-hybridized carbons (Fsp3) is 0.333. The van der Waals surface area contributed by atoms with Crippen molar-refractivity contribution in [2.24, 2.45) is 5.10 Å². The van der Waals surface area contributed by atoms with Gasteiger partial charge in [-0.05, 0) is 75.2 Å². The molecule has 0 aromatic heterocycles. The summed E-state index contributed by atoms with van der Waals surface area (Å²) in [7, 11) is 5.94. The summed E-state index contributed by atoms with van der Waals surface area (Å²) < 4.78 is 32.2. The van der Waals surface area contributed by atoms with Gasteiger partial charge in [0.1, 0.15) is 24.0 Å². The normalized spacial score (nSPS) is 11.5. The summed E-state index contributed by atoms with van der Waals surface area (Å²) in [5.74, 6) is -0.651. The molecule has 0 aliphatic heterocycles. The summed E-state index contributed by atoms with van der Waals surface area (Å²) in [6.07, 6.45) is 0. The van der Waals surface area contributed by atoms with E-state index in [1.807, 2.05) is 45.1 Å². The molecule has 0 saturated carbocycles. The monoisotopic (exact) mass is 420 g/mol. The number of rotatable bonds is 8. The maximum atomic E-state index is 13.7. The molecule has 0 atom stereocenters. The molecule has 0 fully saturated rings. The van der Waals surface area contributed by atoms with Gasteiger partial charge in [0.05, 0.1) is 5.71 Å². The molecule has 2 aromatic rings. The van der Waals surface area contributed by atoms with Crippen molar-refractivity contribution in [3.8, 4) is 5.75 Å². The summed E-state index contributed by atoms with van der Waals surface area (Å²) in [6.45, 7) is 3.59. The molecule has 2 rings (SSSR count). The standard InChI is InChI=1S/C21H26F2N4OS/c1-15(24-25-21(29)27(4)12-11-26(2)3)16-6-9-19(10-7-16)28-14-17-5-8-18(22)13-20(17)23/h5-10,13H,11-12,14H2,1-4H3,(H,25,29)/b24-15+. The maximum absolute atomic E-state index is 13.7. The van der Waals surface area contributed by atoms with Crippen LogP contribution in [0.4, 0.5) is 8.78 Å². The number of nitrogens with one attached hydrogen (secondary N) is 1. The zero-order chi connectivity index (χ0) is 21.4. The Morgan fingerprint density at radius 2 is 1.76 bits per heavy atom. The van der Waals surface area contributed by atoms with Gasteiger partial charge < -0.3 is 14.5 Å². The van der Waals surface area contributed by atoms with Gasteiger partial charge in [0.2, 0.25) is 0 Å². The molecule has 0 saturated heterocycles. The van der Waals surface area contributed by atoms with Crippen molar-refractivity contribution in [3.05, 3.63) is 65.2 Å². The minimum absolute atomic E-state index is 0.0215. The van der Waals surface area contributed by atoms with Crippen LogP contribution in [0.3, 0.4) is 0 Å². The Balaban J connectivity index is 1.89. The van der Waals surface area contributed by atoms with Crippen LogP contribution in [-0.4, -0.2) is 54.9 Å². The first-order chi connectivity index (χ1) is 13.8. The molecule has 156 valence electrons. The number of hydrogen-bond donors (Lipinski definition) is 1. The predicted molar refractivity (Wildman–Crippen MR) is 116 cm³/mol. The van der Waals surface area contributed by atoms with Gasteiger partial charge >= 0.3 is 0 Å². The molecule has 29 heavy (non-hydrogen) atoms. The topological polar surface area (TPSA) is 40.1 Å². The third kappa shape index (κ3) is 7.40. The van der Waals surface area contributed by atoms with E-state index in [2.05, 4.69) is 15.4 Å². The van der Waals surface area contributed by atoms with E-state index in [9.17, 15) is 8.78 Å². The summed E-state index contributed by atoms with van der Waals surface area (Å²) in [4.78, 5) is 4.01. The van der Waals surface area contributed by atoms with Crippen molar-refractivity contribution in [1.29, 1.82) is 0 Å². The third-order valence-corrected chi connectivity index (χ3v) is 4.63. The van der Waals surface area contributed by atoms with Gasteiger partial charge in [-0.25, -0.2) is 8.78 Å². The van der Waals surface area contributed by atoms with E-state index >= 15 is 0 Å². The van der Waals surface area contributed by atoms with Gasteiger partial charge in [0.25, 0.3) is 0 Å². The number of hydrazone groups is 1. The van der Waals surface area contributed by atoms with Crippen LogP contribution in [0.5, 0.6) is 5.75 Å². The zero-order valence-electron chi connectivity index (χ0n) is 17.1. The van der Waals surface area contributed by atoms with Gasteiger partial charge in [0, 0.05) is 31.8 Å². The van der Waals surface area contributed by atoms with Crippen molar-refractivity contribution in [1.82, 2.24) is 15.2 Å². The number of halogens is 2. The Morgan fingerprint density at radius 1 is 1.07 bits per heavy atom. The molecule has 2 aromatic carbocycles. The van der Waals surface area contributed by atoms with Crippen molar-refractivity contribution >= 4 is 23.0 Å². The molecule has 8 heteroatoms. The first-order valence-corrected chi connectivity index (χ1v) is 9.54. The van der Waals surface area contributed by atoms with E-state index in [1.54, 1.807) is 12.1 Å². The fourth-order valence-corrected chi connectivity index (χ4v) is 2.46. The molecule has 0 aliphatic rings. The minimum atomic E-state index is -0.623. The molecule has 0 bridgehead atoms. The lowest BCUT2D eigenvalue weighted by Crippen LogP contribution is -2.38. The number of benzene rings is 2. The van der Waals surface area contributed by atoms with Gasteiger partial charge in [0.15, 0.2) is 5.11 Å². The lowest BCUT2D eigenvalue weighted by atomic mass is 10.1. The Morgan fingerprint density at radius 3 is 2.38 bits per heavy atom. The highest BCUT2D eigenvalue weighted by Gasteiger charge is 2.06. The van der Waals surface area contributed by atoms with Crippen molar-refractivity contribution in [2.45, 2.75) is 13.5 Å². The minimum Gasteiger partial charge on any atom is -0.489 e. The molecule has 0 heterocycles. The van der Waals surface area contributed by atoms with Gasteiger partial charge in [-0.3, -0.25) is 5.43 Å². The van der Waals surface area contributed by atoms with Crippen molar-refractivity contribution < 1.29 is 13.5 Å². The molecular weight excluding hydrogens is 394 g/mol. The molecule has 5 nitrogen and oxygen atoms in total. The second-order valence-corrected chi connectivity index (χ2v) is 7.27. The number of ether oxygens (including phenoxy) is 1. The Bertz CT molecular complexity index is 856. The van der Waals surface area contributed by atoms with Crippen LogP contribution < -0.4 is 10.2 Å². The van der Waals surface area contributed by atoms with Gasteiger partial charge in [-0.2, -0.15) is 5.10 Å². The first kappa shape index (κ1) is 22.7. The fourth-order valence-electron chi connectivity index (χ4n) is 2.33. The number of nitrogens with zero attached hydrogens (tertiary/aromatic N) is 3. The second kappa shape index (κ2) is 10.8. The molecule has 0 unspecified atom stereocenters. The van der Waals surface area contributed by atoms with Gasteiger partial charge in [-0.1, -0.05) is 0 Å². The zero-order valence-corrected chi connectivity index (χ0v) is 17.9. The number of hydrogen-bond acceptors (Lipinski definition) is 4. The molecule has 1 N–H and O–H groups in total. The first-order valence-electron chi connectivity index (χ1n) is 9.13. The molecule has 0 radical (unpaired) electrons. The maximum Gasteiger partial charge on any atom is 0.189 e. The Kier molecular flexibility index (Phi) is 8.48. The Labute approximate surface area is 176 Å². The summed E-state index contributed by atoms with van der Waals surface area (Å²) in [5, 5.41) is 4.88. The van der Waals surface area contributed by atoms with Crippen LogP contribution in [-0.2, 0) is 6.61 Å². The van der Waals surface area contributed by atoms with Crippen molar-refractivity contribution in [3.63, 3.8) is 0 Å². The van der Waals surface area contributed by atoms with E-state index in [-0.39, 0.29) is 6.61 Å². The van der Waals surface area contributed by atoms with Crippen LogP contribution in [0.2, 0.25) is 0 Å². The average Bonchev–Trinajstić information content (AvgIpc) is 2.69. The number of thiocarbonyl (C=S) groups is 1. The molecular formula is C21H26F2N4OS. The van der Waals surface area contributed by atoms with Crippen LogP contribution >= 0.6 is 12.2 Å².